The lowest BCUT2D eigenvalue weighted by Crippen LogP contribution is -2.15. The van der Waals surface area contributed by atoms with Crippen LogP contribution in [0.5, 0.6) is 5.75 Å². The van der Waals surface area contributed by atoms with E-state index in [4.69, 9.17) is 14.6 Å². The fourth-order valence-corrected chi connectivity index (χ4v) is 2.19. The van der Waals surface area contributed by atoms with E-state index in [1.54, 1.807) is 6.08 Å². The van der Waals surface area contributed by atoms with Crippen LogP contribution in [0.25, 0.3) is 6.08 Å². The lowest BCUT2D eigenvalue weighted by atomic mass is 9.83. The summed E-state index contributed by atoms with van der Waals surface area (Å²) in [5.41, 5.74) is 0.835. The summed E-state index contributed by atoms with van der Waals surface area (Å²) in [6.45, 7) is 1.97. The van der Waals surface area contributed by atoms with Crippen molar-refractivity contribution < 1.29 is 19.4 Å². The Bertz CT molecular complexity index is 460. The highest BCUT2D eigenvalue weighted by Crippen LogP contribution is 2.29. The number of hydrogen-bond donors (Lipinski definition) is 1. The summed E-state index contributed by atoms with van der Waals surface area (Å²) >= 11 is 0. The molecule has 1 aromatic rings. The van der Waals surface area contributed by atoms with Crippen LogP contribution in [0.2, 0.25) is 0 Å². The van der Waals surface area contributed by atoms with Gasteiger partial charge < -0.3 is 14.6 Å². The molecule has 1 N–H and O–H groups in total. The van der Waals surface area contributed by atoms with E-state index < -0.39 is 5.97 Å². The molecule has 0 spiro atoms. The fourth-order valence-electron chi connectivity index (χ4n) is 2.19. The number of carboxylic acids is 1. The molecule has 114 valence electrons. The SMILES string of the molecule is O=C(O)/C=C/c1ccc(OCCOCCC2CCC2)cc1. The number of rotatable bonds is 9. The van der Waals surface area contributed by atoms with Crippen molar-refractivity contribution in [2.75, 3.05) is 19.8 Å². The molecule has 1 aromatic carbocycles. The maximum Gasteiger partial charge on any atom is 0.328 e. The first-order valence-corrected chi connectivity index (χ1v) is 7.45. The molecule has 1 fully saturated rings. The van der Waals surface area contributed by atoms with Gasteiger partial charge in [-0.25, -0.2) is 4.79 Å². The van der Waals surface area contributed by atoms with Gasteiger partial charge in [0.05, 0.1) is 6.61 Å². The molecule has 0 atom stereocenters. The molecule has 1 aliphatic rings. The van der Waals surface area contributed by atoms with Crippen LogP contribution in [0.3, 0.4) is 0 Å². The third kappa shape index (κ3) is 6.00. The second-order valence-electron chi connectivity index (χ2n) is 5.29. The minimum absolute atomic E-state index is 0.537. The van der Waals surface area contributed by atoms with Gasteiger partial charge in [-0.3, -0.25) is 0 Å². The van der Waals surface area contributed by atoms with Crippen LogP contribution in [0.1, 0.15) is 31.2 Å². The molecule has 0 aliphatic heterocycles. The first-order chi connectivity index (χ1) is 10.2. The van der Waals surface area contributed by atoms with Gasteiger partial charge in [0.1, 0.15) is 12.4 Å². The molecule has 0 amide bonds. The Morgan fingerprint density at radius 2 is 1.95 bits per heavy atom. The van der Waals surface area contributed by atoms with E-state index in [0.717, 1.165) is 29.9 Å². The van der Waals surface area contributed by atoms with Gasteiger partial charge in [-0.2, -0.15) is 0 Å². The Labute approximate surface area is 125 Å². The first-order valence-electron chi connectivity index (χ1n) is 7.45. The Balaban J connectivity index is 1.58. The van der Waals surface area contributed by atoms with E-state index in [1.807, 2.05) is 24.3 Å². The van der Waals surface area contributed by atoms with Crippen LogP contribution >= 0.6 is 0 Å². The number of aliphatic carboxylic acids is 1. The average molecular weight is 290 g/mol. The van der Waals surface area contributed by atoms with Crippen molar-refractivity contribution in [2.45, 2.75) is 25.7 Å². The molecule has 2 rings (SSSR count). The van der Waals surface area contributed by atoms with Gasteiger partial charge in [0.25, 0.3) is 0 Å². The Morgan fingerprint density at radius 3 is 2.57 bits per heavy atom. The summed E-state index contributed by atoms with van der Waals surface area (Å²) in [6, 6.07) is 7.31. The quantitative estimate of drug-likeness (QED) is 0.559. The maximum absolute atomic E-state index is 10.4. The first kappa shape index (κ1) is 15.6. The second-order valence-corrected chi connectivity index (χ2v) is 5.29. The highest BCUT2D eigenvalue weighted by atomic mass is 16.5. The van der Waals surface area contributed by atoms with Gasteiger partial charge >= 0.3 is 5.97 Å². The summed E-state index contributed by atoms with van der Waals surface area (Å²) in [6.07, 6.45) is 7.95. The van der Waals surface area contributed by atoms with Crippen molar-refractivity contribution in [1.29, 1.82) is 0 Å². The van der Waals surface area contributed by atoms with Crippen LogP contribution in [0, 0.1) is 5.92 Å². The van der Waals surface area contributed by atoms with Crippen LogP contribution in [-0.4, -0.2) is 30.9 Å². The second kappa shape index (κ2) is 8.47. The van der Waals surface area contributed by atoms with Gasteiger partial charge in [0, 0.05) is 12.7 Å². The molecule has 0 aromatic heterocycles. The summed E-state index contributed by atoms with van der Waals surface area (Å²) in [5.74, 6) is 0.705. The minimum Gasteiger partial charge on any atom is -0.491 e. The van der Waals surface area contributed by atoms with Crippen LogP contribution in [0.15, 0.2) is 30.3 Å². The van der Waals surface area contributed by atoms with E-state index in [9.17, 15) is 4.79 Å². The fraction of sp³-hybridized carbons (Fsp3) is 0.471. The van der Waals surface area contributed by atoms with Gasteiger partial charge in [0.2, 0.25) is 0 Å². The number of carboxylic acid groups (broad SMARTS) is 1. The average Bonchev–Trinajstić information content (AvgIpc) is 2.43. The molecule has 1 saturated carbocycles. The van der Waals surface area contributed by atoms with E-state index >= 15 is 0 Å². The zero-order chi connectivity index (χ0) is 14.9. The van der Waals surface area contributed by atoms with E-state index in [1.165, 1.54) is 25.7 Å². The summed E-state index contributed by atoms with van der Waals surface area (Å²) in [4.78, 5) is 10.4. The van der Waals surface area contributed by atoms with E-state index in [-0.39, 0.29) is 0 Å². The molecule has 4 nitrogen and oxygen atoms in total. The zero-order valence-corrected chi connectivity index (χ0v) is 12.2. The van der Waals surface area contributed by atoms with Crippen molar-refractivity contribution >= 4 is 12.0 Å². The molecule has 0 bridgehead atoms. The standard InChI is InChI=1S/C17H22O4/c18-17(19)9-6-15-4-7-16(8-5-15)21-13-12-20-11-10-14-2-1-3-14/h4-9,14H,1-3,10-13H2,(H,18,19)/b9-6+. The van der Waals surface area contributed by atoms with Crippen molar-refractivity contribution in [3.05, 3.63) is 35.9 Å². The molecule has 0 radical (unpaired) electrons. The van der Waals surface area contributed by atoms with Crippen molar-refractivity contribution in [3.63, 3.8) is 0 Å². The maximum atomic E-state index is 10.4. The molecule has 21 heavy (non-hydrogen) atoms. The van der Waals surface area contributed by atoms with E-state index in [2.05, 4.69) is 0 Å². The Kier molecular flexibility index (Phi) is 6.28. The zero-order valence-electron chi connectivity index (χ0n) is 12.2. The molecular formula is C17H22O4. The van der Waals surface area contributed by atoms with Crippen molar-refractivity contribution in [3.8, 4) is 5.75 Å². The van der Waals surface area contributed by atoms with Crippen molar-refractivity contribution in [2.24, 2.45) is 5.92 Å². The highest BCUT2D eigenvalue weighted by Gasteiger charge is 2.16. The van der Waals surface area contributed by atoms with Crippen LogP contribution in [-0.2, 0) is 9.53 Å². The molecule has 0 saturated heterocycles. The van der Waals surface area contributed by atoms with Gasteiger partial charge in [-0.05, 0) is 36.1 Å². The lowest BCUT2D eigenvalue weighted by molar-refractivity contribution is -0.131. The van der Waals surface area contributed by atoms with Crippen LogP contribution in [0.4, 0.5) is 0 Å². The highest BCUT2D eigenvalue weighted by molar-refractivity contribution is 5.85. The predicted molar refractivity (Wildman–Crippen MR) is 81.4 cm³/mol. The Hall–Kier alpha value is -1.81. The third-order valence-electron chi connectivity index (χ3n) is 3.69. The largest absolute Gasteiger partial charge is 0.491 e. The number of carbonyl (C=O) groups is 1. The summed E-state index contributed by atoms with van der Waals surface area (Å²) in [7, 11) is 0. The minimum atomic E-state index is -0.950. The summed E-state index contributed by atoms with van der Waals surface area (Å²) in [5, 5.41) is 8.54. The molecular weight excluding hydrogens is 268 g/mol. The summed E-state index contributed by atoms with van der Waals surface area (Å²) < 4.78 is 11.1. The number of benzene rings is 1. The van der Waals surface area contributed by atoms with Crippen LogP contribution < -0.4 is 4.74 Å². The van der Waals surface area contributed by atoms with Gasteiger partial charge in [0.15, 0.2) is 0 Å². The number of hydrogen-bond acceptors (Lipinski definition) is 3. The molecule has 4 heteroatoms. The van der Waals surface area contributed by atoms with Gasteiger partial charge in [-0.15, -0.1) is 0 Å². The molecule has 0 unspecified atom stereocenters. The molecule has 1 aliphatic carbocycles. The number of ether oxygens (including phenoxy) is 2. The Morgan fingerprint density at radius 1 is 1.19 bits per heavy atom. The lowest BCUT2D eigenvalue weighted by Gasteiger charge is -2.24. The van der Waals surface area contributed by atoms with Gasteiger partial charge in [-0.1, -0.05) is 31.4 Å². The predicted octanol–water partition coefficient (Wildman–Crippen LogP) is 3.37. The monoisotopic (exact) mass is 290 g/mol. The topological polar surface area (TPSA) is 55.8 Å². The third-order valence-corrected chi connectivity index (χ3v) is 3.69. The van der Waals surface area contributed by atoms with Crippen molar-refractivity contribution in [1.82, 2.24) is 0 Å². The van der Waals surface area contributed by atoms with E-state index in [0.29, 0.717) is 13.2 Å². The molecule has 0 heterocycles. The smallest absolute Gasteiger partial charge is 0.328 e. The normalized spacial score (nSPS) is 15.0.